The van der Waals surface area contributed by atoms with Crippen LogP contribution in [-0.4, -0.2) is 42.6 Å². The number of hydrogen-bond acceptors (Lipinski definition) is 3. The number of hydrogen-bond donors (Lipinski definition) is 1. The molecule has 1 aromatic carbocycles. The Kier molecular flexibility index (Phi) is 8.20. The van der Waals surface area contributed by atoms with E-state index in [1.807, 2.05) is 13.0 Å². The van der Waals surface area contributed by atoms with Gasteiger partial charge >= 0.3 is 0 Å². The normalized spacial score (nSPS) is 21.0. The van der Waals surface area contributed by atoms with Gasteiger partial charge in [-0.15, -0.1) is 0 Å². The molecule has 3 rings (SSSR count). The van der Waals surface area contributed by atoms with Crippen LogP contribution in [0.5, 0.6) is 5.75 Å². The molecule has 4 nitrogen and oxygen atoms in total. The minimum absolute atomic E-state index is 0.0194. The van der Waals surface area contributed by atoms with Crippen molar-refractivity contribution in [2.45, 2.75) is 90.2 Å². The summed E-state index contributed by atoms with van der Waals surface area (Å²) in [5.41, 5.74) is 2.84. The number of likely N-dealkylation sites (tertiary alicyclic amines) is 1. The molecule has 1 amide bonds. The van der Waals surface area contributed by atoms with Gasteiger partial charge in [0, 0.05) is 19.1 Å². The summed E-state index contributed by atoms with van der Waals surface area (Å²) in [4.78, 5) is 15.2. The van der Waals surface area contributed by atoms with Crippen molar-refractivity contribution in [3.8, 4) is 5.75 Å². The van der Waals surface area contributed by atoms with E-state index in [2.05, 4.69) is 29.3 Å². The molecular weight excluding hydrogens is 348 g/mol. The van der Waals surface area contributed by atoms with Gasteiger partial charge < -0.3 is 15.0 Å². The number of carbonyl (C=O) groups is 1. The molecule has 1 aliphatic heterocycles. The van der Waals surface area contributed by atoms with Crippen LogP contribution in [0.25, 0.3) is 0 Å². The lowest BCUT2D eigenvalue weighted by Crippen LogP contribution is -2.42. The van der Waals surface area contributed by atoms with E-state index in [1.165, 1.54) is 62.6 Å². The first-order valence-electron chi connectivity index (χ1n) is 11.5. The molecule has 0 aromatic heterocycles. The lowest BCUT2D eigenvalue weighted by molar-refractivity contribution is -0.128. The van der Waals surface area contributed by atoms with Crippen LogP contribution in [-0.2, 0) is 17.6 Å². The molecule has 0 saturated carbocycles. The Balaban J connectivity index is 1.43. The zero-order valence-electron chi connectivity index (χ0n) is 17.8. The number of rotatable bonds is 9. The maximum Gasteiger partial charge on any atom is 0.261 e. The smallest absolute Gasteiger partial charge is 0.261 e. The number of fused-ring (bicyclic) bond motifs is 1. The zero-order chi connectivity index (χ0) is 19.8. The van der Waals surface area contributed by atoms with Crippen molar-refractivity contribution in [1.29, 1.82) is 0 Å². The summed E-state index contributed by atoms with van der Waals surface area (Å²) < 4.78 is 6.05. The first kappa shape index (κ1) is 21.2. The molecule has 1 heterocycles. The van der Waals surface area contributed by atoms with E-state index in [1.54, 1.807) is 0 Å². The maximum atomic E-state index is 12.6. The van der Waals surface area contributed by atoms with Crippen LogP contribution < -0.4 is 10.1 Å². The van der Waals surface area contributed by atoms with E-state index in [0.29, 0.717) is 6.42 Å². The minimum atomic E-state index is -0.403. The Morgan fingerprint density at radius 1 is 1.18 bits per heavy atom. The number of benzene rings is 1. The number of aryl methyl sites for hydroxylation is 2. The van der Waals surface area contributed by atoms with Crippen molar-refractivity contribution in [1.82, 2.24) is 10.2 Å². The Bertz CT molecular complexity index is 631. The van der Waals surface area contributed by atoms with Gasteiger partial charge in [0.05, 0.1) is 0 Å². The maximum absolute atomic E-state index is 12.6. The highest BCUT2D eigenvalue weighted by molar-refractivity contribution is 5.81. The summed E-state index contributed by atoms with van der Waals surface area (Å²) in [5.74, 6) is 0.854. The first-order valence-corrected chi connectivity index (χ1v) is 11.5. The van der Waals surface area contributed by atoms with Gasteiger partial charge in [0.25, 0.3) is 5.91 Å². The summed E-state index contributed by atoms with van der Waals surface area (Å²) in [6.45, 7) is 7.33. The van der Waals surface area contributed by atoms with Crippen molar-refractivity contribution < 1.29 is 9.53 Å². The van der Waals surface area contributed by atoms with Crippen LogP contribution in [0.4, 0.5) is 0 Å². The third-order valence-electron chi connectivity index (χ3n) is 6.40. The Labute approximate surface area is 171 Å². The third-order valence-corrected chi connectivity index (χ3v) is 6.40. The van der Waals surface area contributed by atoms with Crippen molar-refractivity contribution >= 4 is 5.91 Å². The molecule has 1 aliphatic carbocycles. The van der Waals surface area contributed by atoms with Crippen LogP contribution in [0.1, 0.15) is 76.3 Å². The molecule has 2 aliphatic rings. The lowest BCUT2D eigenvalue weighted by atomic mass is 9.92. The molecule has 1 fully saturated rings. The summed E-state index contributed by atoms with van der Waals surface area (Å²) in [6.07, 6.45) is 11.4. The third kappa shape index (κ3) is 5.73. The van der Waals surface area contributed by atoms with E-state index in [9.17, 15) is 4.79 Å². The Hall–Kier alpha value is -1.55. The molecule has 28 heavy (non-hydrogen) atoms. The second-order valence-electron chi connectivity index (χ2n) is 8.39. The average molecular weight is 387 g/mol. The summed E-state index contributed by atoms with van der Waals surface area (Å²) in [6, 6.07) is 7.09. The Morgan fingerprint density at radius 2 is 2.00 bits per heavy atom. The van der Waals surface area contributed by atoms with Gasteiger partial charge in [-0.3, -0.25) is 4.79 Å². The SMILES string of the molecule is CC[C@@H]1CCCCN1CCCNC(=O)[C@@H](CC)Oc1ccc2c(c1)CCCC2. The monoisotopic (exact) mass is 386 g/mol. The second-order valence-corrected chi connectivity index (χ2v) is 8.39. The molecule has 1 N–H and O–H groups in total. The largest absolute Gasteiger partial charge is 0.481 e. The Morgan fingerprint density at radius 3 is 2.79 bits per heavy atom. The number of nitrogens with one attached hydrogen (secondary N) is 1. The second kappa shape index (κ2) is 10.8. The van der Waals surface area contributed by atoms with Crippen molar-refractivity contribution in [3.63, 3.8) is 0 Å². The average Bonchev–Trinajstić information content (AvgIpc) is 2.75. The minimum Gasteiger partial charge on any atom is -0.481 e. The van der Waals surface area contributed by atoms with Gasteiger partial charge in [-0.25, -0.2) is 0 Å². The highest BCUT2D eigenvalue weighted by Gasteiger charge is 2.21. The quantitative estimate of drug-likeness (QED) is 0.636. The molecule has 2 atom stereocenters. The predicted octanol–water partition coefficient (Wildman–Crippen LogP) is 4.49. The first-order chi connectivity index (χ1) is 13.7. The van der Waals surface area contributed by atoms with E-state index >= 15 is 0 Å². The van der Waals surface area contributed by atoms with Crippen LogP contribution >= 0.6 is 0 Å². The van der Waals surface area contributed by atoms with Crippen molar-refractivity contribution in [2.24, 2.45) is 0 Å². The van der Waals surface area contributed by atoms with Crippen LogP contribution in [0.3, 0.4) is 0 Å². The van der Waals surface area contributed by atoms with Gasteiger partial charge in [0.2, 0.25) is 0 Å². The molecule has 0 bridgehead atoms. The molecule has 1 saturated heterocycles. The van der Waals surface area contributed by atoms with Crippen LogP contribution in [0.15, 0.2) is 18.2 Å². The standard InChI is InChI=1S/C24H38N2O2/c1-3-21-12-7-8-16-26(21)17-9-15-25-24(27)23(4-2)28-22-14-13-19-10-5-6-11-20(19)18-22/h13-14,18,21,23H,3-12,15-17H2,1-2H3,(H,25,27)/t21-,23-/m1/s1. The summed E-state index contributed by atoms with van der Waals surface area (Å²) in [7, 11) is 0. The van der Waals surface area contributed by atoms with Gasteiger partial charge in [-0.2, -0.15) is 0 Å². The fourth-order valence-electron chi connectivity index (χ4n) is 4.69. The number of amides is 1. The highest BCUT2D eigenvalue weighted by Crippen LogP contribution is 2.26. The molecule has 4 heteroatoms. The molecule has 0 unspecified atom stereocenters. The number of ether oxygens (including phenoxy) is 1. The van der Waals surface area contributed by atoms with Gasteiger partial charge in [0.1, 0.15) is 5.75 Å². The number of piperidine rings is 1. The fraction of sp³-hybridized carbons (Fsp3) is 0.708. The van der Waals surface area contributed by atoms with Crippen molar-refractivity contribution in [3.05, 3.63) is 29.3 Å². The van der Waals surface area contributed by atoms with Gasteiger partial charge in [0.15, 0.2) is 6.10 Å². The number of nitrogens with zero attached hydrogens (tertiary/aromatic N) is 1. The van der Waals surface area contributed by atoms with E-state index < -0.39 is 6.10 Å². The molecule has 0 radical (unpaired) electrons. The van der Waals surface area contributed by atoms with Crippen molar-refractivity contribution in [2.75, 3.05) is 19.6 Å². The molecular formula is C24H38N2O2. The van der Waals surface area contributed by atoms with Gasteiger partial charge in [-0.1, -0.05) is 26.3 Å². The van der Waals surface area contributed by atoms with E-state index in [-0.39, 0.29) is 5.91 Å². The molecule has 1 aromatic rings. The fourth-order valence-corrected chi connectivity index (χ4v) is 4.69. The van der Waals surface area contributed by atoms with E-state index in [4.69, 9.17) is 4.74 Å². The van der Waals surface area contributed by atoms with Crippen LogP contribution in [0, 0.1) is 0 Å². The lowest BCUT2D eigenvalue weighted by Gasteiger charge is -2.35. The topological polar surface area (TPSA) is 41.6 Å². The van der Waals surface area contributed by atoms with Crippen LogP contribution in [0.2, 0.25) is 0 Å². The summed E-state index contributed by atoms with van der Waals surface area (Å²) in [5, 5.41) is 3.10. The zero-order valence-corrected chi connectivity index (χ0v) is 17.8. The predicted molar refractivity (Wildman–Crippen MR) is 115 cm³/mol. The summed E-state index contributed by atoms with van der Waals surface area (Å²) >= 11 is 0. The number of carbonyl (C=O) groups excluding carboxylic acids is 1. The van der Waals surface area contributed by atoms with Gasteiger partial charge in [-0.05, 0) is 87.6 Å². The van der Waals surface area contributed by atoms with E-state index in [0.717, 1.165) is 37.7 Å². The molecule has 0 spiro atoms. The molecule has 156 valence electrons. The highest BCUT2D eigenvalue weighted by atomic mass is 16.5.